The first-order valence-electron chi connectivity index (χ1n) is 7.05. The third-order valence-corrected chi connectivity index (χ3v) is 4.87. The minimum absolute atomic E-state index is 0.523. The number of halogens is 1. The molecule has 2 heteroatoms. The van der Waals surface area contributed by atoms with E-state index in [1.807, 2.05) is 0 Å². The lowest BCUT2D eigenvalue weighted by molar-refractivity contribution is 0.207. The van der Waals surface area contributed by atoms with Crippen LogP contribution in [-0.4, -0.2) is 6.54 Å². The molecule has 0 atom stereocenters. The average Bonchev–Trinajstić information content (AvgIpc) is 2.33. The predicted octanol–water partition coefficient (Wildman–Crippen LogP) is 4.82. The quantitative estimate of drug-likeness (QED) is 0.841. The maximum Gasteiger partial charge on any atom is 0.0222 e. The Bertz CT molecular complexity index is 394. The Morgan fingerprint density at radius 1 is 1.22 bits per heavy atom. The van der Waals surface area contributed by atoms with Gasteiger partial charge >= 0.3 is 0 Å². The molecule has 0 aliphatic heterocycles. The Balaban J connectivity index is 1.84. The summed E-state index contributed by atoms with van der Waals surface area (Å²) < 4.78 is 1.23. The Labute approximate surface area is 119 Å². The highest BCUT2D eigenvalue weighted by Crippen LogP contribution is 2.35. The molecule has 1 fully saturated rings. The summed E-state index contributed by atoms with van der Waals surface area (Å²) in [5.74, 6) is 0. The molecule has 0 amide bonds. The number of hydrogen-bond donors (Lipinski definition) is 1. The number of nitrogens with one attached hydrogen (secondary N) is 1. The van der Waals surface area contributed by atoms with E-state index in [2.05, 4.69) is 53.3 Å². The molecule has 0 bridgehead atoms. The second kappa shape index (κ2) is 6.21. The Hall–Kier alpha value is -0.340. The lowest BCUT2D eigenvalue weighted by Gasteiger charge is -2.33. The Morgan fingerprint density at radius 2 is 1.94 bits per heavy atom. The predicted molar refractivity (Wildman–Crippen MR) is 81.8 cm³/mol. The summed E-state index contributed by atoms with van der Waals surface area (Å²) in [4.78, 5) is 0. The molecule has 0 heterocycles. The fourth-order valence-electron chi connectivity index (χ4n) is 2.88. The highest BCUT2D eigenvalue weighted by Gasteiger charge is 2.25. The van der Waals surface area contributed by atoms with E-state index in [9.17, 15) is 0 Å². The van der Waals surface area contributed by atoms with Gasteiger partial charge in [-0.25, -0.2) is 0 Å². The SMILES string of the molecule is Cc1ccc(CNCC2(C)CCCCC2)c(Br)c1. The number of aryl methyl sites for hydroxylation is 1. The van der Waals surface area contributed by atoms with Crippen molar-refractivity contribution in [3.63, 3.8) is 0 Å². The van der Waals surface area contributed by atoms with Crippen molar-refractivity contribution in [2.24, 2.45) is 5.41 Å². The fourth-order valence-corrected chi connectivity index (χ4v) is 3.51. The summed E-state index contributed by atoms with van der Waals surface area (Å²) >= 11 is 3.65. The molecule has 1 N–H and O–H groups in total. The van der Waals surface area contributed by atoms with Gasteiger partial charge in [-0.1, -0.05) is 54.2 Å². The first-order valence-corrected chi connectivity index (χ1v) is 7.84. The van der Waals surface area contributed by atoms with Gasteiger partial charge in [0, 0.05) is 17.6 Å². The van der Waals surface area contributed by atoms with Crippen molar-refractivity contribution in [1.82, 2.24) is 5.32 Å². The summed E-state index contributed by atoms with van der Waals surface area (Å²) in [6, 6.07) is 6.60. The third-order valence-electron chi connectivity index (χ3n) is 4.14. The van der Waals surface area contributed by atoms with E-state index in [1.165, 1.54) is 47.7 Å². The van der Waals surface area contributed by atoms with Crippen LogP contribution in [0.25, 0.3) is 0 Å². The van der Waals surface area contributed by atoms with Crippen LogP contribution in [0.5, 0.6) is 0 Å². The number of benzene rings is 1. The molecule has 18 heavy (non-hydrogen) atoms. The van der Waals surface area contributed by atoms with Gasteiger partial charge in [-0.15, -0.1) is 0 Å². The summed E-state index contributed by atoms with van der Waals surface area (Å²) in [6.45, 7) is 6.68. The van der Waals surface area contributed by atoms with Crippen LogP contribution >= 0.6 is 15.9 Å². The van der Waals surface area contributed by atoms with Crippen molar-refractivity contribution in [1.29, 1.82) is 0 Å². The molecule has 1 aliphatic rings. The highest BCUT2D eigenvalue weighted by molar-refractivity contribution is 9.10. The second-order valence-corrected chi connectivity index (χ2v) is 6.92. The van der Waals surface area contributed by atoms with Gasteiger partial charge in [-0.3, -0.25) is 0 Å². The molecule has 0 saturated heterocycles. The van der Waals surface area contributed by atoms with Gasteiger partial charge in [-0.05, 0) is 42.4 Å². The van der Waals surface area contributed by atoms with Crippen LogP contribution in [-0.2, 0) is 6.54 Å². The fraction of sp³-hybridized carbons (Fsp3) is 0.625. The van der Waals surface area contributed by atoms with Crippen LogP contribution in [0.4, 0.5) is 0 Å². The summed E-state index contributed by atoms with van der Waals surface area (Å²) in [5.41, 5.74) is 3.19. The van der Waals surface area contributed by atoms with E-state index in [4.69, 9.17) is 0 Å². The normalized spacial score (nSPS) is 18.8. The minimum atomic E-state index is 0.523. The summed E-state index contributed by atoms with van der Waals surface area (Å²) in [5, 5.41) is 3.64. The summed E-state index contributed by atoms with van der Waals surface area (Å²) in [6.07, 6.45) is 7.02. The zero-order valence-electron chi connectivity index (χ0n) is 11.6. The van der Waals surface area contributed by atoms with E-state index < -0.39 is 0 Å². The molecule has 1 saturated carbocycles. The van der Waals surface area contributed by atoms with Gasteiger partial charge in [0.15, 0.2) is 0 Å². The van der Waals surface area contributed by atoms with Gasteiger partial charge in [0.05, 0.1) is 0 Å². The molecule has 1 aliphatic carbocycles. The third kappa shape index (κ3) is 3.83. The van der Waals surface area contributed by atoms with Crippen LogP contribution in [0.15, 0.2) is 22.7 Å². The van der Waals surface area contributed by atoms with Crippen LogP contribution in [0.1, 0.15) is 50.2 Å². The van der Waals surface area contributed by atoms with Gasteiger partial charge in [0.25, 0.3) is 0 Å². The van der Waals surface area contributed by atoms with Crippen molar-refractivity contribution in [3.8, 4) is 0 Å². The molecule has 1 aromatic carbocycles. The van der Waals surface area contributed by atoms with E-state index in [-0.39, 0.29) is 0 Å². The largest absolute Gasteiger partial charge is 0.312 e. The number of hydrogen-bond acceptors (Lipinski definition) is 1. The molecule has 0 radical (unpaired) electrons. The van der Waals surface area contributed by atoms with E-state index >= 15 is 0 Å². The maximum absolute atomic E-state index is 3.65. The molecule has 0 unspecified atom stereocenters. The molecule has 0 spiro atoms. The molecule has 1 aromatic rings. The van der Waals surface area contributed by atoms with E-state index in [0.717, 1.165) is 13.1 Å². The molecule has 100 valence electrons. The molecular weight excluding hydrogens is 286 g/mol. The van der Waals surface area contributed by atoms with Crippen LogP contribution < -0.4 is 5.32 Å². The van der Waals surface area contributed by atoms with Crippen molar-refractivity contribution < 1.29 is 0 Å². The smallest absolute Gasteiger partial charge is 0.0222 e. The molecule has 2 rings (SSSR count). The topological polar surface area (TPSA) is 12.0 Å². The van der Waals surface area contributed by atoms with Crippen molar-refractivity contribution in [2.75, 3.05) is 6.54 Å². The van der Waals surface area contributed by atoms with E-state index in [1.54, 1.807) is 0 Å². The van der Waals surface area contributed by atoms with Gasteiger partial charge in [-0.2, -0.15) is 0 Å². The first-order chi connectivity index (χ1) is 8.59. The lowest BCUT2D eigenvalue weighted by Crippen LogP contribution is -2.33. The van der Waals surface area contributed by atoms with Crippen molar-refractivity contribution in [2.45, 2.75) is 52.5 Å². The molecular formula is C16H24BrN. The Kier molecular flexibility index (Phi) is 4.85. The average molecular weight is 310 g/mol. The lowest BCUT2D eigenvalue weighted by atomic mass is 9.76. The Morgan fingerprint density at radius 3 is 2.61 bits per heavy atom. The van der Waals surface area contributed by atoms with Crippen LogP contribution in [0.2, 0.25) is 0 Å². The zero-order valence-corrected chi connectivity index (χ0v) is 13.1. The second-order valence-electron chi connectivity index (χ2n) is 6.07. The standard InChI is InChI=1S/C16H24BrN/c1-13-6-7-14(15(17)10-13)11-18-12-16(2)8-4-3-5-9-16/h6-7,10,18H,3-5,8-9,11-12H2,1-2H3. The van der Waals surface area contributed by atoms with Gasteiger partial charge < -0.3 is 5.32 Å². The van der Waals surface area contributed by atoms with Gasteiger partial charge in [0.2, 0.25) is 0 Å². The maximum atomic E-state index is 3.65. The highest BCUT2D eigenvalue weighted by atomic mass is 79.9. The minimum Gasteiger partial charge on any atom is -0.312 e. The summed E-state index contributed by atoms with van der Waals surface area (Å²) in [7, 11) is 0. The van der Waals surface area contributed by atoms with Crippen LogP contribution in [0, 0.1) is 12.3 Å². The molecule has 0 aromatic heterocycles. The molecule has 1 nitrogen and oxygen atoms in total. The first kappa shape index (κ1) is 14.1. The van der Waals surface area contributed by atoms with E-state index in [0.29, 0.717) is 5.41 Å². The van der Waals surface area contributed by atoms with Crippen LogP contribution in [0.3, 0.4) is 0 Å². The zero-order chi connectivity index (χ0) is 13.0. The monoisotopic (exact) mass is 309 g/mol. The number of rotatable bonds is 4. The van der Waals surface area contributed by atoms with Crippen molar-refractivity contribution >= 4 is 15.9 Å². The van der Waals surface area contributed by atoms with Crippen molar-refractivity contribution in [3.05, 3.63) is 33.8 Å². The van der Waals surface area contributed by atoms with Gasteiger partial charge in [0.1, 0.15) is 0 Å².